The molecule has 1 aliphatic carbocycles. The second-order valence-electron chi connectivity index (χ2n) is 6.65. The molecular formula is C17H30N2O2. The van der Waals surface area contributed by atoms with E-state index in [1.165, 1.54) is 32.1 Å². The van der Waals surface area contributed by atoms with E-state index in [4.69, 9.17) is 0 Å². The molecule has 0 aromatic rings. The minimum Gasteiger partial charge on any atom is -0.356 e. The zero-order chi connectivity index (χ0) is 15.1. The fourth-order valence-corrected chi connectivity index (χ4v) is 3.55. The van der Waals surface area contributed by atoms with Gasteiger partial charge in [0, 0.05) is 32.0 Å². The third-order valence-electron chi connectivity index (χ3n) is 4.96. The highest BCUT2D eigenvalue weighted by molar-refractivity contribution is 5.80. The lowest BCUT2D eigenvalue weighted by Crippen LogP contribution is -2.43. The number of likely N-dealkylation sites (tertiary alicyclic amines) is 1. The summed E-state index contributed by atoms with van der Waals surface area (Å²) < 4.78 is 0. The number of amides is 2. The Kier molecular flexibility index (Phi) is 6.52. The van der Waals surface area contributed by atoms with E-state index in [0.717, 1.165) is 45.3 Å². The Labute approximate surface area is 128 Å². The van der Waals surface area contributed by atoms with Crippen LogP contribution in [0.2, 0.25) is 0 Å². The lowest BCUT2D eigenvalue weighted by Gasteiger charge is -2.33. The SMILES string of the molecule is CCCNC(=O)C1CCN(C(=O)CC2CCCCC2)CC1. The molecule has 0 bridgehead atoms. The number of hydrogen-bond donors (Lipinski definition) is 1. The maximum atomic E-state index is 12.3. The smallest absolute Gasteiger partial charge is 0.223 e. The first-order valence-corrected chi connectivity index (χ1v) is 8.76. The quantitative estimate of drug-likeness (QED) is 0.847. The molecule has 120 valence electrons. The highest BCUT2D eigenvalue weighted by Crippen LogP contribution is 2.27. The van der Waals surface area contributed by atoms with Gasteiger partial charge in [-0.15, -0.1) is 0 Å². The second-order valence-corrected chi connectivity index (χ2v) is 6.65. The summed E-state index contributed by atoms with van der Waals surface area (Å²) in [5.41, 5.74) is 0. The van der Waals surface area contributed by atoms with Gasteiger partial charge in [-0.1, -0.05) is 26.2 Å². The van der Waals surface area contributed by atoms with Gasteiger partial charge in [0.05, 0.1) is 0 Å². The Balaban J connectivity index is 1.70. The van der Waals surface area contributed by atoms with Gasteiger partial charge >= 0.3 is 0 Å². The van der Waals surface area contributed by atoms with E-state index in [9.17, 15) is 9.59 Å². The molecular weight excluding hydrogens is 264 g/mol. The van der Waals surface area contributed by atoms with Crippen LogP contribution in [0, 0.1) is 11.8 Å². The largest absolute Gasteiger partial charge is 0.356 e. The Morgan fingerprint density at radius 2 is 1.71 bits per heavy atom. The van der Waals surface area contributed by atoms with E-state index in [1.807, 2.05) is 4.90 Å². The van der Waals surface area contributed by atoms with Crippen LogP contribution < -0.4 is 5.32 Å². The zero-order valence-electron chi connectivity index (χ0n) is 13.4. The normalized spacial score (nSPS) is 21.3. The number of piperidine rings is 1. The van der Waals surface area contributed by atoms with E-state index in [-0.39, 0.29) is 11.8 Å². The molecule has 1 heterocycles. The Bertz CT molecular complexity index is 343. The first-order chi connectivity index (χ1) is 10.2. The minimum atomic E-state index is 0.107. The molecule has 0 aromatic heterocycles. The molecule has 2 rings (SSSR count). The van der Waals surface area contributed by atoms with Crippen molar-refractivity contribution in [3.8, 4) is 0 Å². The van der Waals surface area contributed by atoms with Crippen molar-refractivity contribution >= 4 is 11.8 Å². The predicted octanol–water partition coefficient (Wildman–Crippen LogP) is 2.72. The summed E-state index contributed by atoms with van der Waals surface area (Å²) in [4.78, 5) is 26.3. The molecule has 1 saturated heterocycles. The van der Waals surface area contributed by atoms with E-state index in [1.54, 1.807) is 0 Å². The third-order valence-corrected chi connectivity index (χ3v) is 4.96. The number of hydrogen-bond acceptors (Lipinski definition) is 2. The third kappa shape index (κ3) is 5.01. The first-order valence-electron chi connectivity index (χ1n) is 8.76. The summed E-state index contributed by atoms with van der Waals surface area (Å²) in [5.74, 6) is 1.21. The van der Waals surface area contributed by atoms with Crippen molar-refractivity contribution in [1.82, 2.24) is 10.2 Å². The average molecular weight is 294 g/mol. The van der Waals surface area contributed by atoms with Gasteiger partial charge in [-0.05, 0) is 38.0 Å². The summed E-state index contributed by atoms with van der Waals surface area (Å²) in [6.07, 6.45) is 9.72. The first kappa shape index (κ1) is 16.3. The maximum absolute atomic E-state index is 12.3. The van der Waals surface area contributed by atoms with Gasteiger partial charge in [0.25, 0.3) is 0 Å². The lowest BCUT2D eigenvalue weighted by molar-refractivity contribution is -0.136. The summed E-state index contributed by atoms with van der Waals surface area (Å²) >= 11 is 0. The van der Waals surface area contributed by atoms with Crippen LogP contribution in [0.25, 0.3) is 0 Å². The van der Waals surface area contributed by atoms with Crippen LogP contribution in [0.4, 0.5) is 0 Å². The van der Waals surface area contributed by atoms with Crippen LogP contribution in [0.1, 0.15) is 64.7 Å². The summed E-state index contributed by atoms with van der Waals surface area (Å²) in [5, 5.41) is 2.97. The van der Waals surface area contributed by atoms with Crippen molar-refractivity contribution in [3.63, 3.8) is 0 Å². The average Bonchev–Trinajstić information content (AvgIpc) is 2.53. The molecule has 1 N–H and O–H groups in total. The number of carbonyl (C=O) groups excluding carboxylic acids is 2. The highest BCUT2D eigenvalue weighted by atomic mass is 16.2. The van der Waals surface area contributed by atoms with E-state index in [2.05, 4.69) is 12.2 Å². The molecule has 1 aliphatic heterocycles. The molecule has 4 nitrogen and oxygen atoms in total. The Hall–Kier alpha value is -1.06. The van der Waals surface area contributed by atoms with Crippen molar-refractivity contribution in [2.75, 3.05) is 19.6 Å². The van der Waals surface area contributed by atoms with Crippen LogP contribution in [-0.4, -0.2) is 36.3 Å². The molecule has 0 radical (unpaired) electrons. The summed E-state index contributed by atoms with van der Waals surface area (Å²) in [6.45, 7) is 4.35. The van der Waals surface area contributed by atoms with Crippen LogP contribution in [-0.2, 0) is 9.59 Å². The molecule has 2 aliphatic rings. The van der Waals surface area contributed by atoms with Crippen molar-refractivity contribution in [2.45, 2.75) is 64.7 Å². The molecule has 1 saturated carbocycles. The van der Waals surface area contributed by atoms with Crippen LogP contribution in [0.3, 0.4) is 0 Å². The van der Waals surface area contributed by atoms with Crippen molar-refractivity contribution in [1.29, 1.82) is 0 Å². The molecule has 0 aromatic carbocycles. The van der Waals surface area contributed by atoms with E-state index in [0.29, 0.717) is 11.8 Å². The van der Waals surface area contributed by atoms with Crippen LogP contribution in [0.15, 0.2) is 0 Å². The maximum Gasteiger partial charge on any atom is 0.223 e. The fourth-order valence-electron chi connectivity index (χ4n) is 3.55. The van der Waals surface area contributed by atoms with Gasteiger partial charge < -0.3 is 10.2 Å². The summed E-state index contributed by atoms with van der Waals surface area (Å²) in [6, 6.07) is 0. The topological polar surface area (TPSA) is 49.4 Å². The van der Waals surface area contributed by atoms with Crippen LogP contribution >= 0.6 is 0 Å². The van der Waals surface area contributed by atoms with Gasteiger partial charge in [0.1, 0.15) is 0 Å². The Morgan fingerprint density at radius 3 is 2.33 bits per heavy atom. The van der Waals surface area contributed by atoms with Crippen molar-refractivity contribution in [3.05, 3.63) is 0 Å². The molecule has 4 heteroatoms. The van der Waals surface area contributed by atoms with Gasteiger partial charge in [0.15, 0.2) is 0 Å². The minimum absolute atomic E-state index is 0.107. The van der Waals surface area contributed by atoms with Gasteiger partial charge in [-0.3, -0.25) is 9.59 Å². The second kappa shape index (κ2) is 8.40. The number of rotatable bonds is 5. The fraction of sp³-hybridized carbons (Fsp3) is 0.882. The van der Waals surface area contributed by atoms with Gasteiger partial charge in [-0.2, -0.15) is 0 Å². The standard InChI is InChI=1S/C17H30N2O2/c1-2-10-18-17(21)15-8-11-19(12-9-15)16(20)13-14-6-4-3-5-7-14/h14-15H,2-13H2,1H3,(H,18,21). The van der Waals surface area contributed by atoms with Crippen LogP contribution in [0.5, 0.6) is 0 Å². The highest BCUT2D eigenvalue weighted by Gasteiger charge is 2.28. The molecule has 0 unspecified atom stereocenters. The van der Waals surface area contributed by atoms with Gasteiger partial charge in [-0.25, -0.2) is 0 Å². The zero-order valence-corrected chi connectivity index (χ0v) is 13.4. The molecule has 0 atom stereocenters. The molecule has 2 fully saturated rings. The molecule has 21 heavy (non-hydrogen) atoms. The number of nitrogens with one attached hydrogen (secondary N) is 1. The lowest BCUT2D eigenvalue weighted by atomic mass is 9.86. The molecule has 2 amide bonds. The number of carbonyl (C=O) groups is 2. The molecule has 0 spiro atoms. The number of nitrogens with zero attached hydrogens (tertiary/aromatic N) is 1. The van der Waals surface area contributed by atoms with E-state index >= 15 is 0 Å². The predicted molar refractivity (Wildman–Crippen MR) is 83.8 cm³/mol. The van der Waals surface area contributed by atoms with E-state index < -0.39 is 0 Å². The monoisotopic (exact) mass is 294 g/mol. The Morgan fingerprint density at radius 1 is 1.05 bits per heavy atom. The van der Waals surface area contributed by atoms with Crippen molar-refractivity contribution < 1.29 is 9.59 Å². The van der Waals surface area contributed by atoms with Crippen molar-refractivity contribution in [2.24, 2.45) is 11.8 Å². The summed E-state index contributed by atoms with van der Waals surface area (Å²) in [7, 11) is 0. The van der Waals surface area contributed by atoms with Gasteiger partial charge in [0.2, 0.25) is 11.8 Å².